The molecule has 1 aliphatic rings. The van der Waals surface area contributed by atoms with Crippen LogP contribution in [0.5, 0.6) is 5.88 Å². The van der Waals surface area contributed by atoms with E-state index in [0.717, 1.165) is 44.2 Å². The molecule has 0 spiro atoms. The number of hydrogen-bond acceptors (Lipinski definition) is 5. The number of piperidine rings is 1. The number of pyridine rings is 1. The Morgan fingerprint density at radius 2 is 2.00 bits per heavy atom. The summed E-state index contributed by atoms with van der Waals surface area (Å²) in [6.07, 6.45) is 5.79. The number of aromatic nitrogens is 3. The van der Waals surface area contributed by atoms with Crippen LogP contribution in [-0.2, 0) is 0 Å². The first-order chi connectivity index (χ1) is 10.3. The first kappa shape index (κ1) is 13.8. The Labute approximate surface area is 125 Å². The molecule has 0 saturated carbocycles. The van der Waals surface area contributed by atoms with Gasteiger partial charge in [0.1, 0.15) is 0 Å². The maximum Gasteiger partial charge on any atom is 0.225 e. The summed E-state index contributed by atoms with van der Waals surface area (Å²) in [6, 6.07) is 7.67. The number of hydrogen-bond donors (Lipinski definition) is 0. The predicted octanol–water partition coefficient (Wildman–Crippen LogP) is 2.48. The molecule has 21 heavy (non-hydrogen) atoms. The van der Waals surface area contributed by atoms with Gasteiger partial charge in [0.2, 0.25) is 11.8 Å². The molecule has 3 rings (SSSR count). The van der Waals surface area contributed by atoms with Crippen molar-refractivity contribution in [2.45, 2.75) is 19.8 Å². The summed E-state index contributed by atoms with van der Waals surface area (Å²) in [5, 5.41) is 0. The minimum atomic E-state index is 0.577. The van der Waals surface area contributed by atoms with E-state index in [9.17, 15) is 0 Å². The van der Waals surface area contributed by atoms with Crippen molar-refractivity contribution in [1.82, 2.24) is 15.0 Å². The van der Waals surface area contributed by atoms with Crippen LogP contribution in [0, 0.1) is 12.8 Å². The lowest BCUT2D eigenvalue weighted by Crippen LogP contribution is -2.36. The first-order valence-electron chi connectivity index (χ1n) is 7.40. The van der Waals surface area contributed by atoms with Gasteiger partial charge in [0.25, 0.3) is 0 Å². The predicted molar refractivity (Wildman–Crippen MR) is 81.4 cm³/mol. The fourth-order valence-electron chi connectivity index (χ4n) is 2.52. The molecule has 3 heterocycles. The van der Waals surface area contributed by atoms with Crippen LogP contribution < -0.4 is 9.64 Å². The molecule has 0 N–H and O–H groups in total. The van der Waals surface area contributed by atoms with Gasteiger partial charge in [-0.2, -0.15) is 0 Å². The standard InChI is InChI=1S/C16H20N4O/c1-13-5-9-18-16(19-13)20-10-6-14(7-11-20)12-21-15-4-2-3-8-17-15/h2-5,8-9,14H,6-7,10-12H2,1H3. The van der Waals surface area contributed by atoms with E-state index >= 15 is 0 Å². The third kappa shape index (κ3) is 3.68. The molecule has 0 atom stereocenters. The second-order valence-electron chi connectivity index (χ2n) is 5.41. The second-order valence-corrected chi connectivity index (χ2v) is 5.41. The van der Waals surface area contributed by atoms with Gasteiger partial charge in [-0.05, 0) is 37.8 Å². The van der Waals surface area contributed by atoms with E-state index in [2.05, 4.69) is 19.9 Å². The summed E-state index contributed by atoms with van der Waals surface area (Å²) in [7, 11) is 0. The topological polar surface area (TPSA) is 51.1 Å². The van der Waals surface area contributed by atoms with Gasteiger partial charge >= 0.3 is 0 Å². The number of anilines is 1. The largest absolute Gasteiger partial charge is 0.477 e. The molecule has 5 heteroatoms. The van der Waals surface area contributed by atoms with Gasteiger partial charge in [0, 0.05) is 37.2 Å². The molecule has 0 radical (unpaired) electrons. The van der Waals surface area contributed by atoms with Crippen LogP contribution in [-0.4, -0.2) is 34.6 Å². The van der Waals surface area contributed by atoms with Crippen LogP contribution in [0.25, 0.3) is 0 Å². The van der Waals surface area contributed by atoms with E-state index in [1.165, 1.54) is 0 Å². The Bertz CT molecular complexity index is 567. The highest BCUT2D eigenvalue weighted by Crippen LogP contribution is 2.21. The van der Waals surface area contributed by atoms with Crippen LogP contribution in [0.4, 0.5) is 5.95 Å². The lowest BCUT2D eigenvalue weighted by Gasteiger charge is -2.31. The second kappa shape index (κ2) is 6.52. The summed E-state index contributed by atoms with van der Waals surface area (Å²) in [6.45, 7) is 4.71. The lowest BCUT2D eigenvalue weighted by molar-refractivity contribution is 0.215. The van der Waals surface area contributed by atoms with Gasteiger partial charge in [-0.25, -0.2) is 15.0 Å². The summed E-state index contributed by atoms with van der Waals surface area (Å²) in [4.78, 5) is 15.3. The highest BCUT2D eigenvalue weighted by molar-refractivity contribution is 5.30. The fraction of sp³-hybridized carbons (Fsp3) is 0.438. The fourth-order valence-corrected chi connectivity index (χ4v) is 2.52. The minimum absolute atomic E-state index is 0.577. The van der Waals surface area contributed by atoms with Gasteiger partial charge in [-0.15, -0.1) is 0 Å². The molecule has 2 aromatic heterocycles. The molecule has 0 amide bonds. The van der Waals surface area contributed by atoms with E-state index in [4.69, 9.17) is 4.74 Å². The van der Waals surface area contributed by atoms with Crippen LogP contribution >= 0.6 is 0 Å². The molecule has 2 aromatic rings. The molecular formula is C16H20N4O. The molecule has 0 unspecified atom stereocenters. The lowest BCUT2D eigenvalue weighted by atomic mass is 9.98. The molecule has 5 nitrogen and oxygen atoms in total. The Balaban J connectivity index is 1.49. The zero-order valence-electron chi connectivity index (χ0n) is 12.3. The molecular weight excluding hydrogens is 264 g/mol. The molecule has 1 aliphatic heterocycles. The van der Waals surface area contributed by atoms with E-state index < -0.39 is 0 Å². The number of aryl methyl sites for hydroxylation is 1. The maximum atomic E-state index is 5.74. The third-order valence-corrected chi connectivity index (χ3v) is 3.78. The molecule has 0 bridgehead atoms. The van der Waals surface area contributed by atoms with E-state index in [1.807, 2.05) is 37.4 Å². The highest BCUT2D eigenvalue weighted by atomic mass is 16.5. The Morgan fingerprint density at radius 1 is 1.14 bits per heavy atom. The summed E-state index contributed by atoms with van der Waals surface area (Å²) >= 11 is 0. The average Bonchev–Trinajstić information content (AvgIpc) is 2.54. The van der Waals surface area contributed by atoms with Crippen molar-refractivity contribution >= 4 is 5.95 Å². The molecule has 0 aromatic carbocycles. The van der Waals surface area contributed by atoms with Crippen molar-refractivity contribution in [3.63, 3.8) is 0 Å². The average molecular weight is 284 g/mol. The van der Waals surface area contributed by atoms with Gasteiger partial charge in [0.05, 0.1) is 6.61 Å². The van der Waals surface area contributed by atoms with Crippen molar-refractivity contribution in [3.05, 3.63) is 42.4 Å². The third-order valence-electron chi connectivity index (χ3n) is 3.78. The van der Waals surface area contributed by atoms with Crippen molar-refractivity contribution < 1.29 is 4.74 Å². The Kier molecular flexibility index (Phi) is 4.28. The van der Waals surface area contributed by atoms with E-state index in [0.29, 0.717) is 11.8 Å². The summed E-state index contributed by atoms with van der Waals surface area (Å²) < 4.78 is 5.74. The Morgan fingerprint density at radius 3 is 2.71 bits per heavy atom. The zero-order valence-corrected chi connectivity index (χ0v) is 12.3. The zero-order chi connectivity index (χ0) is 14.5. The highest BCUT2D eigenvalue weighted by Gasteiger charge is 2.21. The maximum absolute atomic E-state index is 5.74. The minimum Gasteiger partial charge on any atom is -0.477 e. The first-order valence-corrected chi connectivity index (χ1v) is 7.40. The number of ether oxygens (including phenoxy) is 1. The monoisotopic (exact) mass is 284 g/mol. The van der Waals surface area contributed by atoms with Crippen molar-refractivity contribution in [3.8, 4) is 5.88 Å². The van der Waals surface area contributed by atoms with Crippen LogP contribution in [0.15, 0.2) is 36.7 Å². The quantitative estimate of drug-likeness (QED) is 0.863. The van der Waals surface area contributed by atoms with Crippen molar-refractivity contribution in [1.29, 1.82) is 0 Å². The van der Waals surface area contributed by atoms with Gasteiger partial charge in [0.15, 0.2) is 0 Å². The number of rotatable bonds is 4. The van der Waals surface area contributed by atoms with E-state index in [-0.39, 0.29) is 0 Å². The van der Waals surface area contributed by atoms with Gasteiger partial charge < -0.3 is 9.64 Å². The van der Waals surface area contributed by atoms with Crippen LogP contribution in [0.2, 0.25) is 0 Å². The number of nitrogens with zero attached hydrogens (tertiary/aromatic N) is 4. The molecule has 110 valence electrons. The van der Waals surface area contributed by atoms with Crippen LogP contribution in [0.1, 0.15) is 18.5 Å². The van der Waals surface area contributed by atoms with Gasteiger partial charge in [-0.1, -0.05) is 6.07 Å². The normalized spacial score (nSPS) is 16.0. The van der Waals surface area contributed by atoms with Crippen molar-refractivity contribution in [2.24, 2.45) is 5.92 Å². The van der Waals surface area contributed by atoms with Crippen molar-refractivity contribution in [2.75, 3.05) is 24.6 Å². The van der Waals surface area contributed by atoms with E-state index in [1.54, 1.807) is 6.20 Å². The molecule has 1 fully saturated rings. The SMILES string of the molecule is Cc1ccnc(N2CCC(COc3ccccn3)CC2)n1. The summed E-state index contributed by atoms with van der Waals surface area (Å²) in [5.41, 5.74) is 1.01. The van der Waals surface area contributed by atoms with Crippen LogP contribution in [0.3, 0.4) is 0 Å². The Hall–Kier alpha value is -2.17. The molecule has 0 aliphatic carbocycles. The molecule has 1 saturated heterocycles. The smallest absolute Gasteiger partial charge is 0.225 e. The van der Waals surface area contributed by atoms with Gasteiger partial charge in [-0.3, -0.25) is 0 Å². The summed E-state index contributed by atoms with van der Waals surface area (Å²) in [5.74, 6) is 2.13.